The van der Waals surface area contributed by atoms with Crippen molar-refractivity contribution in [2.45, 2.75) is 12.6 Å². The average molecular weight is 418 g/mol. The van der Waals surface area contributed by atoms with Gasteiger partial charge in [0, 0.05) is 31.5 Å². The Bertz CT molecular complexity index is 1050. The fourth-order valence-corrected chi connectivity index (χ4v) is 3.33. The Morgan fingerprint density at radius 3 is 2.52 bits per heavy atom. The number of nitrogens with one attached hydrogen (secondary N) is 2. The van der Waals surface area contributed by atoms with Gasteiger partial charge in [0.05, 0.1) is 17.4 Å². The molecule has 0 unspecified atom stereocenters. The van der Waals surface area contributed by atoms with E-state index in [0.29, 0.717) is 23.5 Å². The van der Waals surface area contributed by atoms with Crippen LogP contribution in [0.5, 0.6) is 5.75 Å². The first-order valence-corrected chi connectivity index (χ1v) is 9.84. The molecule has 2 aromatic carbocycles. The van der Waals surface area contributed by atoms with Crippen LogP contribution in [0, 0.1) is 0 Å². The summed E-state index contributed by atoms with van der Waals surface area (Å²) in [5, 5.41) is 14.6. The summed E-state index contributed by atoms with van der Waals surface area (Å²) >= 11 is 0. The van der Waals surface area contributed by atoms with Crippen molar-refractivity contribution in [2.75, 3.05) is 23.7 Å². The summed E-state index contributed by atoms with van der Waals surface area (Å²) in [6.45, 7) is 2.23. The molecule has 0 bridgehead atoms. The molecule has 3 N–H and O–H groups in total. The van der Waals surface area contributed by atoms with Crippen LogP contribution in [-0.2, 0) is 6.54 Å². The number of likely N-dealkylation sites (tertiary alicyclic amines) is 1. The number of carboxylic acids is 1. The Morgan fingerprint density at radius 2 is 1.81 bits per heavy atom. The Hall–Kier alpha value is -3.91. The van der Waals surface area contributed by atoms with Gasteiger partial charge in [0.1, 0.15) is 11.9 Å². The lowest BCUT2D eigenvalue weighted by atomic mass is 10.1. The van der Waals surface area contributed by atoms with Gasteiger partial charge in [-0.1, -0.05) is 12.1 Å². The van der Waals surface area contributed by atoms with Crippen LogP contribution in [0.1, 0.15) is 15.9 Å². The van der Waals surface area contributed by atoms with Gasteiger partial charge in [-0.3, -0.25) is 9.88 Å². The molecule has 2 heterocycles. The molecule has 0 aliphatic carbocycles. The van der Waals surface area contributed by atoms with Gasteiger partial charge in [-0.25, -0.2) is 9.59 Å². The van der Waals surface area contributed by atoms with Gasteiger partial charge in [-0.15, -0.1) is 0 Å². The summed E-state index contributed by atoms with van der Waals surface area (Å²) in [6, 6.07) is 17.3. The van der Waals surface area contributed by atoms with Crippen LogP contribution >= 0.6 is 0 Å². The molecule has 1 fully saturated rings. The maximum absolute atomic E-state index is 12.0. The molecular formula is C23H22N4O4. The highest BCUT2D eigenvalue weighted by Gasteiger charge is 2.28. The second kappa shape index (κ2) is 9.27. The number of carboxylic acid groups (broad SMARTS) is 1. The number of carbonyl (C=O) groups excluding carboxylic acids is 1. The van der Waals surface area contributed by atoms with Gasteiger partial charge in [0.25, 0.3) is 0 Å². The Morgan fingerprint density at radius 1 is 1.03 bits per heavy atom. The minimum Gasteiger partial charge on any atom is -0.488 e. The van der Waals surface area contributed by atoms with Gasteiger partial charge in [0.15, 0.2) is 0 Å². The largest absolute Gasteiger partial charge is 0.488 e. The average Bonchev–Trinajstić information content (AvgIpc) is 2.74. The second-order valence-electron chi connectivity index (χ2n) is 7.28. The van der Waals surface area contributed by atoms with Crippen molar-refractivity contribution >= 4 is 23.4 Å². The molecule has 1 aliphatic heterocycles. The Labute approximate surface area is 179 Å². The van der Waals surface area contributed by atoms with E-state index >= 15 is 0 Å². The normalized spacial score (nSPS) is 13.8. The molecule has 3 aromatic rings. The molecule has 1 saturated heterocycles. The second-order valence-corrected chi connectivity index (χ2v) is 7.28. The van der Waals surface area contributed by atoms with Crippen molar-refractivity contribution in [3.63, 3.8) is 0 Å². The maximum atomic E-state index is 12.0. The van der Waals surface area contributed by atoms with Crippen molar-refractivity contribution in [1.29, 1.82) is 0 Å². The molecule has 8 heteroatoms. The number of hydrogen-bond donors (Lipinski definition) is 3. The smallest absolute Gasteiger partial charge is 0.335 e. The SMILES string of the molecule is O=C(Nc1ccc(OC2CN(Cc3cccc(C(=O)O)c3)C2)cc1)Nc1cccnc1. The molecule has 4 rings (SSSR count). The zero-order valence-corrected chi connectivity index (χ0v) is 16.7. The van der Waals surface area contributed by atoms with Gasteiger partial charge >= 0.3 is 12.0 Å². The van der Waals surface area contributed by atoms with E-state index in [4.69, 9.17) is 9.84 Å². The molecule has 0 atom stereocenters. The summed E-state index contributed by atoms with van der Waals surface area (Å²) in [5.41, 5.74) is 2.54. The summed E-state index contributed by atoms with van der Waals surface area (Å²) in [7, 11) is 0. The standard InChI is InChI=1S/C23H22N4O4/c28-22(29)17-4-1-3-16(11-17)13-27-14-21(15-27)31-20-8-6-18(7-9-20)25-23(30)26-19-5-2-10-24-12-19/h1-12,21H,13-15H2,(H,28,29)(H2,25,26,30). The van der Waals surface area contributed by atoms with Gasteiger partial charge in [0.2, 0.25) is 0 Å². The van der Waals surface area contributed by atoms with E-state index in [-0.39, 0.29) is 12.1 Å². The fourth-order valence-electron chi connectivity index (χ4n) is 3.33. The molecule has 31 heavy (non-hydrogen) atoms. The van der Waals surface area contributed by atoms with E-state index in [2.05, 4.69) is 20.5 Å². The minimum absolute atomic E-state index is 0.0790. The minimum atomic E-state index is -0.917. The summed E-state index contributed by atoms with van der Waals surface area (Å²) in [5.74, 6) is -0.185. The lowest BCUT2D eigenvalue weighted by Crippen LogP contribution is -2.53. The number of carbonyl (C=O) groups is 2. The Balaban J connectivity index is 1.22. The lowest BCUT2D eigenvalue weighted by molar-refractivity contribution is 0.0145. The third-order valence-electron chi connectivity index (χ3n) is 4.84. The van der Waals surface area contributed by atoms with Crippen LogP contribution in [0.25, 0.3) is 0 Å². The molecule has 1 aliphatic rings. The Kier molecular flexibility index (Phi) is 6.09. The number of pyridine rings is 1. The van der Waals surface area contributed by atoms with Crippen LogP contribution in [0.15, 0.2) is 73.1 Å². The van der Waals surface area contributed by atoms with Crippen molar-refractivity contribution in [2.24, 2.45) is 0 Å². The zero-order chi connectivity index (χ0) is 21.6. The fraction of sp³-hybridized carbons (Fsp3) is 0.174. The van der Waals surface area contributed by atoms with Gasteiger partial charge in [-0.2, -0.15) is 0 Å². The van der Waals surface area contributed by atoms with Crippen molar-refractivity contribution in [3.05, 3.63) is 84.2 Å². The number of amides is 2. The summed E-state index contributed by atoms with van der Waals surface area (Å²) in [6.07, 6.45) is 3.29. The number of rotatable bonds is 7. The molecule has 1 aromatic heterocycles. The van der Waals surface area contributed by atoms with Gasteiger partial charge in [-0.05, 0) is 54.1 Å². The predicted octanol–water partition coefficient (Wildman–Crippen LogP) is 3.69. The topological polar surface area (TPSA) is 104 Å². The molecule has 158 valence electrons. The van der Waals surface area contributed by atoms with Crippen molar-refractivity contribution in [3.8, 4) is 5.75 Å². The first kappa shape index (κ1) is 20.4. The van der Waals surface area contributed by atoms with Crippen LogP contribution in [0.2, 0.25) is 0 Å². The van der Waals surface area contributed by atoms with E-state index in [1.54, 1.807) is 54.9 Å². The third kappa shape index (κ3) is 5.58. The number of hydrogen-bond acceptors (Lipinski definition) is 5. The van der Waals surface area contributed by atoms with E-state index in [1.807, 2.05) is 18.2 Å². The van der Waals surface area contributed by atoms with E-state index < -0.39 is 5.97 Å². The van der Waals surface area contributed by atoms with Gasteiger partial charge < -0.3 is 20.5 Å². The van der Waals surface area contributed by atoms with Crippen LogP contribution in [0.4, 0.5) is 16.2 Å². The molecule has 0 radical (unpaired) electrons. The number of aromatic nitrogens is 1. The monoisotopic (exact) mass is 418 g/mol. The van der Waals surface area contributed by atoms with E-state index in [0.717, 1.165) is 24.4 Å². The first-order chi connectivity index (χ1) is 15.0. The number of ether oxygens (including phenoxy) is 1. The van der Waals surface area contributed by atoms with Crippen molar-refractivity contribution in [1.82, 2.24) is 9.88 Å². The number of aromatic carboxylic acids is 1. The van der Waals surface area contributed by atoms with Crippen LogP contribution < -0.4 is 15.4 Å². The highest BCUT2D eigenvalue weighted by molar-refractivity contribution is 5.99. The van der Waals surface area contributed by atoms with E-state index in [1.165, 1.54) is 0 Å². The van der Waals surface area contributed by atoms with Crippen LogP contribution in [0.3, 0.4) is 0 Å². The zero-order valence-electron chi connectivity index (χ0n) is 16.7. The highest BCUT2D eigenvalue weighted by Crippen LogP contribution is 2.22. The summed E-state index contributed by atoms with van der Waals surface area (Å²) < 4.78 is 5.96. The lowest BCUT2D eigenvalue weighted by Gasteiger charge is -2.39. The third-order valence-corrected chi connectivity index (χ3v) is 4.84. The molecule has 0 saturated carbocycles. The molecule has 2 amide bonds. The maximum Gasteiger partial charge on any atom is 0.335 e. The number of benzene rings is 2. The number of urea groups is 1. The number of anilines is 2. The predicted molar refractivity (Wildman–Crippen MR) is 116 cm³/mol. The highest BCUT2D eigenvalue weighted by atomic mass is 16.5. The molecule has 8 nitrogen and oxygen atoms in total. The molecular weight excluding hydrogens is 396 g/mol. The van der Waals surface area contributed by atoms with E-state index in [9.17, 15) is 9.59 Å². The first-order valence-electron chi connectivity index (χ1n) is 9.84. The summed E-state index contributed by atoms with van der Waals surface area (Å²) in [4.78, 5) is 29.3. The quantitative estimate of drug-likeness (QED) is 0.541. The van der Waals surface area contributed by atoms with Crippen molar-refractivity contribution < 1.29 is 19.4 Å². The number of nitrogens with zero attached hydrogens (tertiary/aromatic N) is 2. The molecule has 0 spiro atoms. The van der Waals surface area contributed by atoms with Crippen LogP contribution in [-0.4, -0.2) is 46.2 Å².